The lowest BCUT2D eigenvalue weighted by Gasteiger charge is -2.26. The number of likely N-dealkylation sites (tertiary alicyclic amines) is 1. The van der Waals surface area contributed by atoms with Crippen LogP contribution in [0, 0.1) is 5.82 Å². The molecule has 0 bridgehead atoms. The first-order valence-corrected chi connectivity index (χ1v) is 17.0. The minimum absolute atomic E-state index is 0.0468. The molecule has 0 atom stereocenters. The van der Waals surface area contributed by atoms with E-state index in [0.29, 0.717) is 16.8 Å². The van der Waals surface area contributed by atoms with Crippen molar-refractivity contribution in [1.82, 2.24) is 30.0 Å². The molecule has 2 aromatic carbocycles. The summed E-state index contributed by atoms with van der Waals surface area (Å²) in [6, 6.07) is 17.0. The topological polar surface area (TPSA) is 108 Å². The van der Waals surface area contributed by atoms with Gasteiger partial charge in [-0.2, -0.15) is 5.10 Å². The number of hydrogen-bond acceptors (Lipinski definition) is 6. The number of halogens is 1. The summed E-state index contributed by atoms with van der Waals surface area (Å²) in [6.07, 6.45) is 10.8. The number of nitrogens with one attached hydrogen (secondary N) is 2. The molecule has 0 radical (unpaired) electrons. The Bertz CT molecular complexity index is 2100. The van der Waals surface area contributed by atoms with E-state index in [2.05, 4.69) is 48.2 Å². The minimum atomic E-state index is -3.17. The van der Waals surface area contributed by atoms with Gasteiger partial charge in [0, 0.05) is 58.8 Å². The number of sulfone groups is 1. The summed E-state index contributed by atoms with van der Waals surface area (Å²) >= 11 is 0. The minimum Gasteiger partial charge on any atom is -0.353 e. The molecule has 0 amide bonds. The van der Waals surface area contributed by atoms with Gasteiger partial charge in [-0.3, -0.25) is 20.0 Å². The zero-order valence-electron chi connectivity index (χ0n) is 24.5. The Kier molecular flexibility index (Phi) is 7.47. The van der Waals surface area contributed by atoms with Crippen LogP contribution in [0.5, 0.6) is 0 Å². The summed E-state index contributed by atoms with van der Waals surface area (Å²) < 4.78 is 38.0. The Morgan fingerprint density at radius 2 is 1.66 bits per heavy atom. The average molecular weight is 609 g/mol. The normalized spacial score (nSPS) is 14.5. The highest BCUT2D eigenvalue weighted by atomic mass is 32.2. The van der Waals surface area contributed by atoms with Crippen LogP contribution < -0.4 is 0 Å². The molecule has 10 heteroatoms. The van der Waals surface area contributed by atoms with Gasteiger partial charge in [0.2, 0.25) is 0 Å². The number of nitrogens with zero attached hydrogens (tertiary/aromatic N) is 4. The Balaban J connectivity index is 1.23. The van der Waals surface area contributed by atoms with Crippen molar-refractivity contribution in [2.75, 3.05) is 25.1 Å². The maximum absolute atomic E-state index is 14.7. The second kappa shape index (κ2) is 11.6. The Hall–Kier alpha value is -4.41. The van der Waals surface area contributed by atoms with Crippen LogP contribution in [-0.2, 0) is 22.8 Å². The smallest absolute Gasteiger partial charge is 0.147 e. The number of aromatic amines is 2. The number of aryl methyl sites for hydroxylation is 1. The van der Waals surface area contributed by atoms with Crippen molar-refractivity contribution in [3.63, 3.8) is 0 Å². The van der Waals surface area contributed by atoms with Crippen LogP contribution in [0.15, 0.2) is 73.2 Å². The van der Waals surface area contributed by atoms with Gasteiger partial charge < -0.3 is 4.98 Å². The van der Waals surface area contributed by atoms with Crippen LogP contribution in [0.4, 0.5) is 4.39 Å². The third-order valence-electron chi connectivity index (χ3n) is 8.34. The molecule has 0 unspecified atom stereocenters. The number of rotatable bonds is 8. The SMILES string of the molecule is CS(=O)(=O)CCc1cc(F)cc(-c2nccc3[nH]c(-c4n[nH]c5ccc(-c6cncc(CN7CCCCC7)c6)cc45)cc23)c1. The molecule has 1 saturated heterocycles. The van der Waals surface area contributed by atoms with Gasteiger partial charge >= 0.3 is 0 Å². The van der Waals surface area contributed by atoms with E-state index in [9.17, 15) is 12.8 Å². The molecular weight excluding hydrogens is 575 g/mol. The molecule has 7 rings (SSSR count). The monoisotopic (exact) mass is 608 g/mol. The third kappa shape index (κ3) is 6.00. The third-order valence-corrected chi connectivity index (χ3v) is 9.29. The van der Waals surface area contributed by atoms with Gasteiger partial charge in [-0.25, -0.2) is 12.8 Å². The summed E-state index contributed by atoms with van der Waals surface area (Å²) in [6.45, 7) is 3.19. The maximum atomic E-state index is 14.7. The van der Waals surface area contributed by atoms with Crippen LogP contribution in [0.2, 0.25) is 0 Å². The van der Waals surface area contributed by atoms with E-state index in [1.54, 1.807) is 6.20 Å². The Morgan fingerprint density at radius 1 is 0.841 bits per heavy atom. The van der Waals surface area contributed by atoms with Crippen molar-refractivity contribution >= 4 is 31.6 Å². The second-order valence-corrected chi connectivity index (χ2v) is 14.0. The molecule has 44 heavy (non-hydrogen) atoms. The van der Waals surface area contributed by atoms with Gasteiger partial charge in [0.15, 0.2) is 0 Å². The largest absolute Gasteiger partial charge is 0.353 e. The quantitative estimate of drug-likeness (QED) is 0.203. The molecular formula is C34H33FN6O2S. The number of aromatic nitrogens is 5. The molecule has 0 spiro atoms. The number of pyridine rings is 2. The lowest BCUT2D eigenvalue weighted by atomic mass is 10.0. The van der Waals surface area contributed by atoms with Gasteiger partial charge in [0.25, 0.3) is 0 Å². The van der Waals surface area contributed by atoms with E-state index in [4.69, 9.17) is 0 Å². The molecule has 0 aliphatic carbocycles. The lowest BCUT2D eigenvalue weighted by Crippen LogP contribution is -2.29. The predicted molar refractivity (Wildman–Crippen MR) is 172 cm³/mol. The highest BCUT2D eigenvalue weighted by Crippen LogP contribution is 2.35. The van der Waals surface area contributed by atoms with Gasteiger partial charge in [-0.15, -0.1) is 0 Å². The van der Waals surface area contributed by atoms with Crippen LogP contribution in [-0.4, -0.2) is 63.6 Å². The second-order valence-electron chi connectivity index (χ2n) is 11.8. The zero-order valence-corrected chi connectivity index (χ0v) is 25.3. The van der Waals surface area contributed by atoms with Crippen molar-refractivity contribution in [2.24, 2.45) is 0 Å². The molecule has 224 valence electrons. The average Bonchev–Trinajstić information content (AvgIpc) is 3.64. The number of fused-ring (bicyclic) bond motifs is 2. The van der Waals surface area contributed by atoms with Crippen molar-refractivity contribution in [2.45, 2.75) is 32.2 Å². The summed E-state index contributed by atoms with van der Waals surface area (Å²) in [5.41, 5.74) is 8.50. The van der Waals surface area contributed by atoms with Crippen LogP contribution >= 0.6 is 0 Å². The molecule has 6 aromatic rings. The lowest BCUT2D eigenvalue weighted by molar-refractivity contribution is 0.220. The van der Waals surface area contributed by atoms with E-state index >= 15 is 0 Å². The highest BCUT2D eigenvalue weighted by Gasteiger charge is 2.17. The fourth-order valence-electron chi connectivity index (χ4n) is 6.15. The zero-order chi connectivity index (χ0) is 30.3. The van der Waals surface area contributed by atoms with E-state index in [-0.39, 0.29) is 12.2 Å². The van der Waals surface area contributed by atoms with Crippen molar-refractivity contribution in [3.05, 3.63) is 90.1 Å². The molecule has 1 aliphatic rings. The van der Waals surface area contributed by atoms with E-state index in [1.165, 1.54) is 43.2 Å². The number of hydrogen-bond donors (Lipinski definition) is 2. The standard InChI is InChI=1S/C34H33FN6O2S/c1-44(42,43)12-8-22-13-25(16-27(35)15-22)33-29-18-32(38-30(29)7-9-37-33)34-28-17-24(5-6-31(28)39-40-34)26-14-23(19-36-20-26)21-41-10-3-2-4-11-41/h5-7,9,13-20,38H,2-4,8,10-12,21H2,1H3,(H,39,40). The van der Waals surface area contributed by atoms with Crippen LogP contribution in [0.1, 0.15) is 30.4 Å². The summed E-state index contributed by atoms with van der Waals surface area (Å²) in [7, 11) is -3.17. The van der Waals surface area contributed by atoms with E-state index < -0.39 is 15.7 Å². The van der Waals surface area contributed by atoms with Gasteiger partial charge in [0.05, 0.1) is 22.7 Å². The molecule has 2 N–H and O–H groups in total. The fraction of sp³-hybridized carbons (Fsp3) is 0.265. The number of piperidine rings is 1. The molecule has 1 aliphatic heterocycles. The number of benzene rings is 2. The first-order valence-electron chi connectivity index (χ1n) is 14.9. The highest BCUT2D eigenvalue weighted by molar-refractivity contribution is 7.90. The summed E-state index contributed by atoms with van der Waals surface area (Å²) in [5.74, 6) is -0.477. The van der Waals surface area contributed by atoms with Crippen LogP contribution in [0.3, 0.4) is 0 Å². The van der Waals surface area contributed by atoms with E-state index in [0.717, 1.165) is 64.0 Å². The summed E-state index contributed by atoms with van der Waals surface area (Å²) in [5, 5.41) is 9.60. The van der Waals surface area contributed by atoms with Gasteiger partial charge in [-0.1, -0.05) is 12.5 Å². The van der Waals surface area contributed by atoms with Gasteiger partial charge in [0.1, 0.15) is 21.3 Å². The van der Waals surface area contributed by atoms with Crippen molar-refractivity contribution < 1.29 is 12.8 Å². The van der Waals surface area contributed by atoms with E-state index in [1.807, 2.05) is 36.7 Å². The van der Waals surface area contributed by atoms with Gasteiger partial charge in [-0.05, 0) is 97.6 Å². The molecule has 1 fully saturated rings. The number of H-pyrrole nitrogens is 2. The van der Waals surface area contributed by atoms with Crippen molar-refractivity contribution in [1.29, 1.82) is 0 Å². The first-order chi connectivity index (χ1) is 21.3. The van der Waals surface area contributed by atoms with Crippen LogP contribution in [0.25, 0.3) is 55.6 Å². The maximum Gasteiger partial charge on any atom is 0.147 e. The summed E-state index contributed by atoms with van der Waals surface area (Å²) in [4.78, 5) is 15.1. The molecule has 8 nitrogen and oxygen atoms in total. The molecule has 4 aromatic heterocycles. The fourth-order valence-corrected chi connectivity index (χ4v) is 6.76. The first kappa shape index (κ1) is 28.4. The Morgan fingerprint density at radius 3 is 2.50 bits per heavy atom. The molecule has 0 saturated carbocycles. The predicted octanol–water partition coefficient (Wildman–Crippen LogP) is 6.55. The Labute approximate surface area is 255 Å². The van der Waals surface area contributed by atoms with Crippen molar-refractivity contribution in [3.8, 4) is 33.8 Å². The molecule has 5 heterocycles.